The van der Waals surface area contributed by atoms with Gasteiger partial charge in [-0.1, -0.05) is 107 Å². The second-order valence-corrected chi connectivity index (χ2v) is 18.6. The van der Waals surface area contributed by atoms with Crippen LogP contribution in [0.3, 0.4) is 0 Å². The molecule has 0 N–H and O–H groups in total. The number of benzene rings is 3. The summed E-state index contributed by atoms with van der Waals surface area (Å²) in [6, 6.07) is 31.5. The molecule has 0 aliphatic heterocycles. The van der Waals surface area contributed by atoms with E-state index in [1.807, 2.05) is 0 Å². The predicted octanol–water partition coefficient (Wildman–Crippen LogP) is 10.9. The fourth-order valence-electron chi connectivity index (χ4n) is 5.34. The van der Waals surface area contributed by atoms with E-state index in [1.165, 1.54) is 79.3 Å². The van der Waals surface area contributed by atoms with Crippen LogP contribution in [0.15, 0.2) is 97.1 Å². The Morgan fingerprint density at radius 1 is 0.581 bits per heavy atom. The Labute approximate surface area is 276 Å². The van der Waals surface area contributed by atoms with Gasteiger partial charge in [-0.3, -0.25) is 0 Å². The van der Waals surface area contributed by atoms with Crippen molar-refractivity contribution in [2.75, 3.05) is 13.2 Å². The third-order valence-corrected chi connectivity index (χ3v) is 16.0. The van der Waals surface area contributed by atoms with Crippen molar-refractivity contribution in [3.63, 3.8) is 0 Å². The molecule has 0 amide bonds. The number of hydrogen-bond acceptors (Lipinski definition) is 2. The summed E-state index contributed by atoms with van der Waals surface area (Å²) in [5.74, 6) is 0. The fourth-order valence-corrected chi connectivity index (χ4v) is 10.9. The van der Waals surface area contributed by atoms with Crippen LogP contribution in [0.5, 0.6) is 0 Å². The van der Waals surface area contributed by atoms with Crippen LogP contribution >= 0.6 is 26.9 Å². The summed E-state index contributed by atoms with van der Waals surface area (Å²) in [4.78, 5) is -1.68. The zero-order valence-corrected chi connectivity index (χ0v) is 29.8. The van der Waals surface area contributed by atoms with Crippen molar-refractivity contribution in [3.8, 4) is 0 Å². The van der Waals surface area contributed by atoms with E-state index in [0.717, 1.165) is 45.3 Å². The lowest BCUT2D eigenvalue weighted by atomic mass is 10.1. The minimum atomic E-state index is -1.68. The van der Waals surface area contributed by atoms with E-state index in [1.54, 1.807) is 0 Å². The van der Waals surface area contributed by atoms with Gasteiger partial charge in [-0.25, -0.2) is 0 Å². The summed E-state index contributed by atoms with van der Waals surface area (Å²) in [6.07, 6.45) is 21.4. The van der Waals surface area contributed by atoms with Gasteiger partial charge in [0, 0.05) is 13.2 Å². The average molecular weight is 714 g/mol. The highest BCUT2D eigenvalue weighted by atomic mass is 127. The topological polar surface area (TPSA) is 18.5 Å². The monoisotopic (exact) mass is 713 g/mol. The largest absolute Gasteiger partial charge is 0.353 e. The predicted molar refractivity (Wildman–Crippen MR) is 199 cm³/mol. The van der Waals surface area contributed by atoms with Gasteiger partial charge < -0.3 is 9.47 Å². The molecule has 0 saturated carbocycles. The van der Waals surface area contributed by atoms with E-state index >= 15 is 0 Å². The maximum Gasteiger partial charge on any atom is 0.173 e. The lowest BCUT2D eigenvalue weighted by Gasteiger charge is -2.20. The molecular formula is C39H55IO2P+. The summed E-state index contributed by atoms with van der Waals surface area (Å²) in [7, 11) is 0. The third kappa shape index (κ3) is 13.2. The van der Waals surface area contributed by atoms with Crippen molar-refractivity contribution >= 4 is 42.9 Å². The van der Waals surface area contributed by atoms with Crippen LogP contribution in [0.2, 0.25) is 0 Å². The van der Waals surface area contributed by atoms with Crippen molar-refractivity contribution in [1.29, 1.82) is 0 Å². The van der Waals surface area contributed by atoms with Gasteiger partial charge in [0.05, 0.1) is 0 Å². The minimum Gasteiger partial charge on any atom is -0.353 e. The Balaban J connectivity index is 1.35. The molecule has 0 aliphatic rings. The maximum absolute atomic E-state index is 6.06. The molecule has 0 unspecified atom stereocenters. The molecule has 0 saturated heterocycles. The highest BCUT2D eigenvalue weighted by Gasteiger charge is 2.43. The van der Waals surface area contributed by atoms with Gasteiger partial charge in [0.2, 0.25) is 0 Å². The smallest absolute Gasteiger partial charge is 0.173 e. The van der Waals surface area contributed by atoms with Gasteiger partial charge in [0.25, 0.3) is 0 Å². The van der Waals surface area contributed by atoms with Crippen molar-refractivity contribution in [2.24, 2.45) is 0 Å². The molecule has 3 aromatic carbocycles. The van der Waals surface area contributed by atoms with Gasteiger partial charge in [0.15, 0.2) is 33.2 Å². The highest BCUT2D eigenvalue weighted by molar-refractivity contribution is 14.2. The minimum absolute atomic E-state index is 0.00910. The van der Waals surface area contributed by atoms with Crippen LogP contribution in [0.25, 0.3) is 0 Å². The number of halogens is 1. The number of ether oxygens (including phenoxy) is 2. The molecule has 0 spiro atoms. The van der Waals surface area contributed by atoms with Crippen molar-refractivity contribution < 1.29 is 9.47 Å². The molecule has 0 fully saturated rings. The number of rotatable bonds is 23. The summed E-state index contributed by atoms with van der Waals surface area (Å²) < 4.78 is 12.1. The van der Waals surface area contributed by atoms with Crippen LogP contribution in [0.4, 0.5) is 0 Å². The Morgan fingerprint density at radius 2 is 1.09 bits per heavy atom. The molecule has 0 radical (unpaired) electrons. The number of allylic oxidation sites excluding steroid dienone is 2. The molecule has 0 heterocycles. The molecular weight excluding hydrogens is 658 g/mol. The molecule has 2 nitrogen and oxygen atoms in total. The summed E-state index contributed by atoms with van der Waals surface area (Å²) in [5.41, 5.74) is 1.43. The molecule has 3 aromatic rings. The van der Waals surface area contributed by atoms with Crippen LogP contribution in [0, 0.1) is 0 Å². The second-order valence-electron chi connectivity index (χ2n) is 11.5. The van der Waals surface area contributed by atoms with Crippen molar-refractivity contribution in [2.45, 2.75) is 110 Å². The molecule has 0 aliphatic carbocycles. The Kier molecular flexibility index (Phi) is 18.4. The third-order valence-electron chi connectivity index (χ3n) is 7.93. The lowest BCUT2D eigenvalue weighted by Crippen LogP contribution is -2.26. The molecule has 0 aromatic heterocycles. The first-order valence-electron chi connectivity index (χ1n) is 16.9. The van der Waals surface area contributed by atoms with Crippen LogP contribution in [-0.4, -0.2) is 19.5 Å². The standard InChI is InChI=1S/C39H55IO2P/c1-3-5-21-33-41-39(42-34-22-6-4-2)28-20-12-10-8-7-9-11-15-23-35-29-31-38(32-30-35)43(40,36-24-16-13-17-25-36)37-26-18-14-19-27-37/h7,9,13-14,16-19,24-27,29-32,39H,3-6,8,10-12,15,20-23,28,33-34H2,1-2H3/q+1/b9-7+. The van der Waals surface area contributed by atoms with E-state index in [2.05, 4.69) is 133 Å². The van der Waals surface area contributed by atoms with Crippen molar-refractivity contribution in [3.05, 3.63) is 103 Å². The van der Waals surface area contributed by atoms with Crippen LogP contribution in [-0.2, 0) is 15.9 Å². The number of hydrogen-bond donors (Lipinski definition) is 0. The lowest BCUT2D eigenvalue weighted by molar-refractivity contribution is -0.148. The van der Waals surface area contributed by atoms with E-state index in [-0.39, 0.29) is 6.29 Å². The van der Waals surface area contributed by atoms with Gasteiger partial charge in [-0.05, 0) is 99.7 Å². The molecule has 0 atom stereocenters. The zero-order chi connectivity index (χ0) is 30.4. The van der Waals surface area contributed by atoms with Gasteiger partial charge in [0.1, 0.15) is 15.9 Å². The SMILES string of the molecule is CCCCCOC(CCCCC/C=C/CCCc1ccc([P+](I)(c2ccccc2)c2ccccc2)cc1)OCCCCC. The fraction of sp³-hybridized carbons (Fsp3) is 0.487. The molecule has 0 bridgehead atoms. The Morgan fingerprint density at radius 3 is 1.63 bits per heavy atom. The summed E-state index contributed by atoms with van der Waals surface area (Å²) in [6.45, 7) is 6.14. The highest BCUT2D eigenvalue weighted by Crippen LogP contribution is 2.63. The van der Waals surface area contributed by atoms with E-state index in [4.69, 9.17) is 9.47 Å². The summed E-state index contributed by atoms with van der Waals surface area (Å²) >= 11 is 2.75. The van der Waals surface area contributed by atoms with Crippen LogP contribution in [0.1, 0.15) is 103 Å². The maximum atomic E-state index is 6.06. The first-order valence-corrected chi connectivity index (χ1v) is 21.4. The average Bonchev–Trinajstić information content (AvgIpc) is 3.06. The van der Waals surface area contributed by atoms with E-state index in [0.29, 0.717) is 0 Å². The van der Waals surface area contributed by atoms with Gasteiger partial charge in [-0.15, -0.1) is 0 Å². The van der Waals surface area contributed by atoms with Crippen LogP contribution < -0.4 is 15.9 Å². The van der Waals surface area contributed by atoms with E-state index in [9.17, 15) is 0 Å². The van der Waals surface area contributed by atoms with E-state index < -0.39 is 4.90 Å². The number of aryl methyl sites for hydroxylation is 1. The first kappa shape index (κ1) is 36.0. The number of unbranched alkanes of at least 4 members (excludes halogenated alkanes) is 8. The van der Waals surface area contributed by atoms with Gasteiger partial charge in [-0.2, -0.15) is 0 Å². The van der Waals surface area contributed by atoms with Crippen molar-refractivity contribution in [1.82, 2.24) is 0 Å². The molecule has 3 rings (SSSR count). The second kappa shape index (κ2) is 22.1. The normalized spacial score (nSPS) is 12.0. The summed E-state index contributed by atoms with van der Waals surface area (Å²) in [5, 5.41) is 4.28. The first-order chi connectivity index (χ1) is 21.2. The molecule has 43 heavy (non-hydrogen) atoms. The van der Waals surface area contributed by atoms with Gasteiger partial charge >= 0.3 is 0 Å². The molecule has 4 heteroatoms. The Bertz CT molecular complexity index is 1070. The zero-order valence-electron chi connectivity index (χ0n) is 26.8. The Hall–Kier alpha value is -1.52. The quantitative estimate of drug-likeness (QED) is 0.0320. The molecule has 234 valence electrons.